The average molecular weight is 271 g/mol. The number of carbonyl (C=O) groups excluding carboxylic acids is 1. The van der Waals surface area contributed by atoms with E-state index in [2.05, 4.69) is 22.5 Å². The van der Waals surface area contributed by atoms with Gasteiger partial charge in [0.15, 0.2) is 0 Å². The van der Waals surface area contributed by atoms with Crippen molar-refractivity contribution in [3.8, 4) is 0 Å². The molecule has 0 aromatic heterocycles. The van der Waals surface area contributed by atoms with E-state index in [0.717, 1.165) is 19.5 Å². The summed E-state index contributed by atoms with van der Waals surface area (Å²) in [5, 5.41) is 15.8. The van der Waals surface area contributed by atoms with Gasteiger partial charge in [0.2, 0.25) is 0 Å². The zero-order valence-electron chi connectivity index (χ0n) is 12.5. The Morgan fingerprint density at radius 1 is 1.32 bits per heavy atom. The SMILES string of the molecule is CCN1CCCC1CNC(=O)NCC(O)(CC)CC. The summed E-state index contributed by atoms with van der Waals surface area (Å²) < 4.78 is 0. The van der Waals surface area contributed by atoms with E-state index in [-0.39, 0.29) is 6.03 Å². The Labute approximate surface area is 116 Å². The number of aliphatic hydroxyl groups is 1. The number of hydrogen-bond donors (Lipinski definition) is 3. The molecule has 0 saturated carbocycles. The number of nitrogens with one attached hydrogen (secondary N) is 2. The van der Waals surface area contributed by atoms with Crippen LogP contribution in [-0.4, -0.2) is 53.9 Å². The lowest BCUT2D eigenvalue weighted by Crippen LogP contribution is -2.48. The smallest absolute Gasteiger partial charge is 0.314 e. The minimum atomic E-state index is -0.778. The summed E-state index contributed by atoms with van der Waals surface area (Å²) in [6.07, 6.45) is 3.67. The van der Waals surface area contributed by atoms with Crippen LogP contribution in [0.15, 0.2) is 0 Å². The minimum absolute atomic E-state index is 0.178. The van der Waals surface area contributed by atoms with Gasteiger partial charge in [0.05, 0.1) is 5.60 Å². The van der Waals surface area contributed by atoms with Crippen LogP contribution in [0.1, 0.15) is 46.5 Å². The van der Waals surface area contributed by atoms with E-state index in [4.69, 9.17) is 0 Å². The van der Waals surface area contributed by atoms with Crippen molar-refractivity contribution in [3.05, 3.63) is 0 Å². The lowest BCUT2D eigenvalue weighted by molar-refractivity contribution is 0.0349. The summed E-state index contributed by atoms with van der Waals surface area (Å²) in [6, 6.07) is 0.287. The van der Waals surface area contributed by atoms with E-state index in [1.54, 1.807) is 0 Å². The molecule has 0 aromatic carbocycles. The lowest BCUT2D eigenvalue weighted by atomic mass is 9.98. The first-order valence-corrected chi connectivity index (χ1v) is 7.52. The monoisotopic (exact) mass is 271 g/mol. The van der Waals surface area contributed by atoms with Crippen molar-refractivity contribution in [1.82, 2.24) is 15.5 Å². The Hall–Kier alpha value is -0.810. The van der Waals surface area contributed by atoms with Crippen molar-refractivity contribution < 1.29 is 9.90 Å². The molecule has 1 unspecified atom stereocenters. The maximum absolute atomic E-state index is 11.7. The molecule has 2 amide bonds. The molecular weight excluding hydrogens is 242 g/mol. The van der Waals surface area contributed by atoms with Crippen LogP contribution in [0.3, 0.4) is 0 Å². The van der Waals surface area contributed by atoms with E-state index in [1.807, 2.05) is 13.8 Å². The summed E-state index contributed by atoms with van der Waals surface area (Å²) in [5.41, 5.74) is -0.778. The summed E-state index contributed by atoms with van der Waals surface area (Å²) in [7, 11) is 0. The standard InChI is InChI=1S/C14H29N3O2/c1-4-14(19,5-2)11-16-13(18)15-10-12-8-7-9-17(12)6-3/h12,19H,4-11H2,1-3H3,(H2,15,16,18). The first kappa shape index (κ1) is 16.2. The average Bonchev–Trinajstić information content (AvgIpc) is 2.90. The van der Waals surface area contributed by atoms with Crippen LogP contribution in [0.4, 0.5) is 4.79 Å². The summed E-state index contributed by atoms with van der Waals surface area (Å²) in [4.78, 5) is 14.1. The van der Waals surface area contributed by atoms with Gasteiger partial charge in [-0.1, -0.05) is 20.8 Å². The number of urea groups is 1. The molecule has 1 saturated heterocycles. The van der Waals surface area contributed by atoms with Gasteiger partial charge in [0.1, 0.15) is 0 Å². The Morgan fingerprint density at radius 2 is 2.00 bits per heavy atom. The number of nitrogens with zero attached hydrogens (tertiary/aromatic N) is 1. The molecule has 1 rings (SSSR count). The van der Waals surface area contributed by atoms with Crippen LogP contribution < -0.4 is 10.6 Å². The van der Waals surface area contributed by atoms with Gasteiger partial charge < -0.3 is 15.7 Å². The van der Waals surface area contributed by atoms with Gasteiger partial charge in [-0.05, 0) is 38.8 Å². The molecule has 5 heteroatoms. The highest BCUT2D eigenvalue weighted by Gasteiger charge is 2.25. The number of likely N-dealkylation sites (N-methyl/N-ethyl adjacent to an activating group) is 1. The third kappa shape index (κ3) is 4.99. The van der Waals surface area contributed by atoms with Gasteiger partial charge in [-0.3, -0.25) is 4.90 Å². The van der Waals surface area contributed by atoms with Gasteiger partial charge in [-0.2, -0.15) is 0 Å². The second-order valence-corrected chi connectivity index (χ2v) is 5.42. The van der Waals surface area contributed by atoms with Crippen molar-refractivity contribution in [2.75, 3.05) is 26.2 Å². The van der Waals surface area contributed by atoms with Crippen molar-refractivity contribution in [2.24, 2.45) is 0 Å². The lowest BCUT2D eigenvalue weighted by Gasteiger charge is -2.26. The van der Waals surface area contributed by atoms with E-state index >= 15 is 0 Å². The number of hydrogen-bond acceptors (Lipinski definition) is 3. The second kappa shape index (κ2) is 7.70. The van der Waals surface area contributed by atoms with Gasteiger partial charge in [0, 0.05) is 19.1 Å². The van der Waals surface area contributed by atoms with Crippen molar-refractivity contribution in [2.45, 2.75) is 58.1 Å². The highest BCUT2D eigenvalue weighted by Crippen LogP contribution is 2.15. The predicted octanol–water partition coefficient (Wildman–Crippen LogP) is 1.32. The van der Waals surface area contributed by atoms with Gasteiger partial charge >= 0.3 is 6.03 Å². The van der Waals surface area contributed by atoms with Crippen molar-refractivity contribution in [1.29, 1.82) is 0 Å². The summed E-state index contributed by atoms with van der Waals surface area (Å²) >= 11 is 0. The van der Waals surface area contributed by atoms with E-state index in [9.17, 15) is 9.90 Å². The van der Waals surface area contributed by atoms with Crippen molar-refractivity contribution in [3.63, 3.8) is 0 Å². The molecule has 112 valence electrons. The topological polar surface area (TPSA) is 64.6 Å². The first-order valence-electron chi connectivity index (χ1n) is 7.52. The maximum Gasteiger partial charge on any atom is 0.314 e. The highest BCUT2D eigenvalue weighted by atomic mass is 16.3. The van der Waals surface area contributed by atoms with Gasteiger partial charge in [0.25, 0.3) is 0 Å². The zero-order chi connectivity index (χ0) is 14.3. The van der Waals surface area contributed by atoms with E-state index < -0.39 is 5.60 Å². The quantitative estimate of drug-likeness (QED) is 0.654. The van der Waals surface area contributed by atoms with Gasteiger partial charge in [-0.15, -0.1) is 0 Å². The van der Waals surface area contributed by atoms with Crippen LogP contribution in [0, 0.1) is 0 Å². The van der Waals surface area contributed by atoms with Crippen LogP contribution in [0.2, 0.25) is 0 Å². The molecule has 5 nitrogen and oxygen atoms in total. The Balaban J connectivity index is 2.24. The molecular formula is C14H29N3O2. The number of amides is 2. The largest absolute Gasteiger partial charge is 0.388 e. The molecule has 1 heterocycles. The second-order valence-electron chi connectivity index (χ2n) is 5.42. The predicted molar refractivity (Wildman–Crippen MR) is 77.2 cm³/mol. The molecule has 1 fully saturated rings. The van der Waals surface area contributed by atoms with Crippen LogP contribution >= 0.6 is 0 Å². The molecule has 0 aromatic rings. The number of likely N-dealkylation sites (tertiary alicyclic amines) is 1. The molecule has 1 atom stereocenters. The number of carbonyl (C=O) groups is 1. The van der Waals surface area contributed by atoms with Crippen LogP contribution in [0.25, 0.3) is 0 Å². The Morgan fingerprint density at radius 3 is 2.58 bits per heavy atom. The van der Waals surface area contributed by atoms with Crippen LogP contribution in [0.5, 0.6) is 0 Å². The fraction of sp³-hybridized carbons (Fsp3) is 0.929. The summed E-state index contributed by atoms with van der Waals surface area (Å²) in [6.45, 7) is 9.20. The van der Waals surface area contributed by atoms with E-state index in [1.165, 1.54) is 6.42 Å². The molecule has 0 spiro atoms. The van der Waals surface area contributed by atoms with Crippen LogP contribution in [-0.2, 0) is 0 Å². The molecule has 3 N–H and O–H groups in total. The fourth-order valence-electron chi connectivity index (χ4n) is 2.56. The van der Waals surface area contributed by atoms with Gasteiger partial charge in [-0.25, -0.2) is 4.79 Å². The maximum atomic E-state index is 11.7. The van der Waals surface area contributed by atoms with Crippen molar-refractivity contribution >= 4 is 6.03 Å². The molecule has 1 aliphatic rings. The molecule has 0 bridgehead atoms. The molecule has 0 radical (unpaired) electrons. The molecule has 0 aliphatic carbocycles. The summed E-state index contributed by atoms with van der Waals surface area (Å²) in [5.74, 6) is 0. The zero-order valence-corrected chi connectivity index (χ0v) is 12.5. The highest BCUT2D eigenvalue weighted by molar-refractivity contribution is 5.73. The third-order valence-corrected chi connectivity index (χ3v) is 4.30. The first-order chi connectivity index (χ1) is 9.04. The number of rotatable bonds is 7. The van der Waals surface area contributed by atoms with E-state index in [0.29, 0.717) is 32.0 Å². The minimum Gasteiger partial charge on any atom is -0.388 e. The Kier molecular flexibility index (Phi) is 6.58. The third-order valence-electron chi connectivity index (χ3n) is 4.30. The normalized spacial score (nSPS) is 20.5. The molecule has 1 aliphatic heterocycles. The molecule has 19 heavy (non-hydrogen) atoms. The fourth-order valence-corrected chi connectivity index (χ4v) is 2.56. The Bertz CT molecular complexity index is 280.